The van der Waals surface area contributed by atoms with Crippen LogP contribution in [-0.4, -0.2) is 25.5 Å². The maximum absolute atomic E-state index is 12.4. The van der Waals surface area contributed by atoms with Gasteiger partial charge in [0.1, 0.15) is 6.54 Å². The molecule has 0 bridgehead atoms. The van der Waals surface area contributed by atoms with E-state index < -0.39 is 0 Å². The number of nitrogens with one attached hydrogen (secondary N) is 1. The number of aryl methyl sites for hydroxylation is 2. The molecule has 0 radical (unpaired) electrons. The fourth-order valence-corrected chi connectivity index (χ4v) is 2.69. The molecule has 0 fully saturated rings. The van der Waals surface area contributed by atoms with Gasteiger partial charge in [-0.3, -0.25) is 14.3 Å². The molecule has 3 rings (SSSR count). The Morgan fingerprint density at radius 1 is 1.25 bits per heavy atom. The van der Waals surface area contributed by atoms with Gasteiger partial charge in [0, 0.05) is 30.2 Å². The quantitative estimate of drug-likeness (QED) is 0.778. The maximum atomic E-state index is 12.4. The van der Waals surface area contributed by atoms with Gasteiger partial charge in [0.05, 0.1) is 17.3 Å². The van der Waals surface area contributed by atoms with E-state index in [0.717, 1.165) is 22.3 Å². The van der Waals surface area contributed by atoms with Gasteiger partial charge in [0.2, 0.25) is 5.91 Å². The molecule has 0 aliphatic heterocycles. The summed E-state index contributed by atoms with van der Waals surface area (Å²) in [4.78, 5) is 24.5. The highest BCUT2D eigenvalue weighted by molar-refractivity contribution is 5.81. The molecule has 3 aromatic rings. The van der Waals surface area contributed by atoms with Gasteiger partial charge in [0.15, 0.2) is 0 Å². The van der Waals surface area contributed by atoms with E-state index in [0.29, 0.717) is 11.9 Å². The van der Waals surface area contributed by atoms with Crippen LogP contribution < -0.4 is 10.9 Å². The molecule has 0 saturated heterocycles. The van der Waals surface area contributed by atoms with Crippen molar-refractivity contribution in [3.63, 3.8) is 0 Å². The predicted octanol–water partition coefficient (Wildman–Crippen LogP) is 1.06. The van der Waals surface area contributed by atoms with E-state index in [4.69, 9.17) is 0 Å². The Morgan fingerprint density at radius 3 is 2.71 bits per heavy atom. The Balaban J connectivity index is 1.73. The lowest BCUT2D eigenvalue weighted by molar-refractivity contribution is -0.122. The number of hydrogen-bond donors (Lipinski definition) is 1. The molecular formula is C17H19N5O2. The zero-order valence-corrected chi connectivity index (χ0v) is 13.9. The summed E-state index contributed by atoms with van der Waals surface area (Å²) in [5, 5.41) is 12.5. The second-order valence-corrected chi connectivity index (χ2v) is 5.74. The minimum Gasteiger partial charge on any atom is -0.350 e. The van der Waals surface area contributed by atoms with Crippen molar-refractivity contribution in [2.75, 3.05) is 0 Å². The summed E-state index contributed by atoms with van der Waals surface area (Å²) in [6, 6.07) is 7.19. The third-order valence-corrected chi connectivity index (χ3v) is 4.18. The van der Waals surface area contributed by atoms with Crippen LogP contribution in [-0.2, 0) is 24.9 Å². The van der Waals surface area contributed by atoms with Crippen molar-refractivity contribution in [3.05, 3.63) is 57.8 Å². The highest BCUT2D eigenvalue weighted by Crippen LogP contribution is 2.11. The van der Waals surface area contributed by atoms with Gasteiger partial charge in [-0.1, -0.05) is 18.2 Å². The first-order valence-electron chi connectivity index (χ1n) is 7.68. The van der Waals surface area contributed by atoms with Crippen molar-refractivity contribution in [2.45, 2.75) is 26.9 Å². The van der Waals surface area contributed by atoms with Crippen molar-refractivity contribution in [1.29, 1.82) is 0 Å². The van der Waals surface area contributed by atoms with Gasteiger partial charge in [-0.05, 0) is 19.9 Å². The molecule has 7 nitrogen and oxygen atoms in total. The largest absolute Gasteiger partial charge is 0.350 e. The van der Waals surface area contributed by atoms with Crippen LogP contribution in [0.3, 0.4) is 0 Å². The molecule has 2 aromatic heterocycles. The number of rotatable bonds is 4. The standard InChI is InChI=1S/C17H19N5O2/c1-11-15(12(2)21(3)20-11)9-18-16(23)10-22-17(24)14-7-5-4-6-13(14)8-19-22/h4-8H,9-10H2,1-3H3,(H,18,23). The number of carbonyl (C=O) groups is 1. The lowest BCUT2D eigenvalue weighted by atomic mass is 10.2. The third-order valence-electron chi connectivity index (χ3n) is 4.18. The van der Waals surface area contributed by atoms with Gasteiger partial charge in [-0.25, -0.2) is 4.68 Å². The summed E-state index contributed by atoms with van der Waals surface area (Å²) in [7, 11) is 1.87. The fraction of sp³-hybridized carbons (Fsp3) is 0.294. The average molecular weight is 325 g/mol. The van der Waals surface area contributed by atoms with E-state index >= 15 is 0 Å². The minimum absolute atomic E-state index is 0.109. The summed E-state index contributed by atoms with van der Waals surface area (Å²) < 4.78 is 2.97. The van der Waals surface area contributed by atoms with Gasteiger partial charge < -0.3 is 5.32 Å². The predicted molar refractivity (Wildman–Crippen MR) is 90.5 cm³/mol. The summed E-state index contributed by atoms with van der Waals surface area (Å²) in [5.74, 6) is -0.262. The fourth-order valence-electron chi connectivity index (χ4n) is 2.69. The van der Waals surface area contributed by atoms with Crippen LogP contribution >= 0.6 is 0 Å². The first-order chi connectivity index (χ1) is 11.5. The maximum Gasteiger partial charge on any atom is 0.275 e. The van der Waals surface area contributed by atoms with Crippen LogP contribution in [0.25, 0.3) is 10.8 Å². The molecule has 0 saturated carbocycles. The van der Waals surface area contributed by atoms with E-state index in [1.807, 2.05) is 33.0 Å². The second kappa shape index (κ2) is 6.27. The highest BCUT2D eigenvalue weighted by Gasteiger charge is 2.12. The number of fused-ring (bicyclic) bond motifs is 1. The third kappa shape index (κ3) is 2.92. The van der Waals surface area contributed by atoms with E-state index in [1.54, 1.807) is 23.0 Å². The molecule has 1 aromatic carbocycles. The molecule has 0 spiro atoms. The van der Waals surface area contributed by atoms with Crippen LogP contribution in [0.4, 0.5) is 0 Å². The zero-order chi connectivity index (χ0) is 17.3. The van der Waals surface area contributed by atoms with Gasteiger partial charge in [-0.2, -0.15) is 10.2 Å². The summed E-state index contributed by atoms with van der Waals surface area (Å²) in [6.07, 6.45) is 1.60. The summed E-state index contributed by atoms with van der Waals surface area (Å²) in [6.45, 7) is 4.13. The van der Waals surface area contributed by atoms with Crippen molar-refractivity contribution >= 4 is 16.7 Å². The number of nitrogens with zero attached hydrogens (tertiary/aromatic N) is 4. The molecule has 0 atom stereocenters. The van der Waals surface area contributed by atoms with Crippen LogP contribution in [0.1, 0.15) is 17.0 Å². The second-order valence-electron chi connectivity index (χ2n) is 5.74. The van der Waals surface area contributed by atoms with Crippen LogP contribution in [0.5, 0.6) is 0 Å². The molecule has 124 valence electrons. The summed E-state index contributed by atoms with van der Waals surface area (Å²) >= 11 is 0. The Kier molecular flexibility index (Phi) is 4.16. The number of hydrogen-bond acceptors (Lipinski definition) is 4. The van der Waals surface area contributed by atoms with E-state index in [2.05, 4.69) is 15.5 Å². The average Bonchev–Trinajstić information content (AvgIpc) is 2.81. The Bertz CT molecular complexity index is 971. The van der Waals surface area contributed by atoms with Gasteiger partial charge >= 0.3 is 0 Å². The first-order valence-corrected chi connectivity index (χ1v) is 7.68. The van der Waals surface area contributed by atoms with Crippen LogP contribution in [0, 0.1) is 13.8 Å². The van der Waals surface area contributed by atoms with Crippen molar-refractivity contribution in [3.8, 4) is 0 Å². The lowest BCUT2D eigenvalue weighted by Gasteiger charge is -2.08. The topological polar surface area (TPSA) is 81.8 Å². The van der Waals surface area contributed by atoms with Gasteiger partial charge in [-0.15, -0.1) is 0 Å². The van der Waals surface area contributed by atoms with Crippen molar-refractivity contribution in [1.82, 2.24) is 24.9 Å². The van der Waals surface area contributed by atoms with E-state index in [1.165, 1.54) is 4.68 Å². The minimum atomic E-state index is -0.267. The number of amides is 1. The van der Waals surface area contributed by atoms with Crippen molar-refractivity contribution < 1.29 is 4.79 Å². The Labute approximate surface area is 138 Å². The molecule has 1 amide bonds. The molecule has 1 N–H and O–H groups in total. The monoisotopic (exact) mass is 325 g/mol. The smallest absolute Gasteiger partial charge is 0.275 e. The molecule has 0 aliphatic rings. The van der Waals surface area contributed by atoms with Crippen LogP contribution in [0.15, 0.2) is 35.3 Å². The molecule has 7 heteroatoms. The number of carbonyl (C=O) groups excluding carboxylic acids is 1. The first kappa shape index (κ1) is 15.9. The van der Waals surface area contributed by atoms with Crippen LogP contribution in [0.2, 0.25) is 0 Å². The lowest BCUT2D eigenvalue weighted by Crippen LogP contribution is -2.33. The Hall–Kier alpha value is -2.96. The molecular weight excluding hydrogens is 306 g/mol. The normalized spacial score (nSPS) is 11.0. The SMILES string of the molecule is Cc1nn(C)c(C)c1CNC(=O)Cn1ncc2ccccc2c1=O. The van der Waals surface area contributed by atoms with Crippen molar-refractivity contribution in [2.24, 2.45) is 7.05 Å². The van der Waals surface area contributed by atoms with E-state index in [-0.39, 0.29) is 18.0 Å². The number of benzene rings is 1. The summed E-state index contributed by atoms with van der Waals surface area (Å²) in [5.41, 5.74) is 2.62. The number of aromatic nitrogens is 4. The molecule has 0 aliphatic carbocycles. The van der Waals surface area contributed by atoms with E-state index in [9.17, 15) is 9.59 Å². The highest BCUT2D eigenvalue weighted by atomic mass is 16.2. The van der Waals surface area contributed by atoms with Gasteiger partial charge in [0.25, 0.3) is 5.56 Å². The molecule has 0 unspecified atom stereocenters. The molecule has 24 heavy (non-hydrogen) atoms. The Morgan fingerprint density at radius 2 is 2.00 bits per heavy atom. The molecule has 2 heterocycles. The zero-order valence-electron chi connectivity index (χ0n) is 13.9.